The van der Waals surface area contributed by atoms with Crippen LogP contribution < -0.4 is 5.32 Å². The molecule has 0 fully saturated rings. The van der Waals surface area contributed by atoms with E-state index in [2.05, 4.69) is 21.2 Å². The van der Waals surface area contributed by atoms with E-state index in [0.717, 1.165) is 20.9 Å². The van der Waals surface area contributed by atoms with Gasteiger partial charge in [0.25, 0.3) is 0 Å². The summed E-state index contributed by atoms with van der Waals surface area (Å²) in [4.78, 5) is 11.8. The van der Waals surface area contributed by atoms with Gasteiger partial charge in [-0.15, -0.1) is 11.8 Å². The number of amides is 1. The molecule has 0 aliphatic heterocycles. The van der Waals surface area contributed by atoms with E-state index in [-0.39, 0.29) is 12.5 Å². The molecule has 0 aliphatic rings. The molecule has 0 unspecified atom stereocenters. The summed E-state index contributed by atoms with van der Waals surface area (Å²) in [6.07, 6.45) is 0. The summed E-state index contributed by atoms with van der Waals surface area (Å²) in [6, 6.07) is 11.7. The van der Waals surface area contributed by atoms with Crippen molar-refractivity contribution in [2.75, 3.05) is 23.4 Å². The van der Waals surface area contributed by atoms with Gasteiger partial charge in [0.05, 0.1) is 12.4 Å². The van der Waals surface area contributed by atoms with Gasteiger partial charge < -0.3 is 10.4 Å². The molecule has 0 aromatic heterocycles. The summed E-state index contributed by atoms with van der Waals surface area (Å²) < 4.78 is 1.01. The van der Waals surface area contributed by atoms with Crippen LogP contribution in [0.3, 0.4) is 0 Å². The predicted octanol–water partition coefficient (Wildman–Crippen LogP) is 3.27. The molecule has 0 aliphatic carbocycles. The third kappa shape index (κ3) is 3.72. The lowest BCUT2D eigenvalue weighted by molar-refractivity contribution is -0.113. The number of hydrogen-bond acceptors (Lipinski definition) is 3. The van der Waals surface area contributed by atoms with Crippen molar-refractivity contribution in [2.24, 2.45) is 0 Å². The number of halogens is 1. The number of carbonyl (C=O) groups is 1. The molecular formula is C14H14BrNO2S. The van der Waals surface area contributed by atoms with Crippen LogP contribution in [0.5, 0.6) is 0 Å². The molecule has 2 aromatic rings. The number of benzene rings is 2. The van der Waals surface area contributed by atoms with Crippen molar-refractivity contribution in [3.63, 3.8) is 0 Å². The summed E-state index contributed by atoms with van der Waals surface area (Å²) in [5, 5.41) is 13.7. The Kier molecular flexibility index (Phi) is 5.24. The first-order valence-corrected chi connectivity index (χ1v) is 7.83. The number of aliphatic hydroxyl groups excluding tert-OH is 1. The number of anilines is 1. The first-order chi connectivity index (χ1) is 9.22. The van der Waals surface area contributed by atoms with Gasteiger partial charge in [0, 0.05) is 21.3 Å². The van der Waals surface area contributed by atoms with Crippen LogP contribution in [0.4, 0.5) is 5.69 Å². The van der Waals surface area contributed by atoms with Crippen LogP contribution in [0.2, 0.25) is 0 Å². The molecule has 2 N–H and O–H groups in total. The van der Waals surface area contributed by atoms with E-state index < -0.39 is 0 Å². The largest absolute Gasteiger partial charge is 0.396 e. The van der Waals surface area contributed by atoms with Crippen LogP contribution >= 0.6 is 27.7 Å². The fraction of sp³-hybridized carbons (Fsp3) is 0.214. The number of aliphatic hydroxyl groups is 1. The lowest BCUT2D eigenvalue weighted by Gasteiger charge is -2.09. The third-order valence-electron chi connectivity index (χ3n) is 2.61. The Morgan fingerprint density at radius 1 is 1.21 bits per heavy atom. The number of carbonyl (C=O) groups excluding carboxylic acids is 1. The highest BCUT2D eigenvalue weighted by atomic mass is 79.9. The summed E-state index contributed by atoms with van der Waals surface area (Å²) in [5.74, 6) is 0.880. The van der Waals surface area contributed by atoms with Gasteiger partial charge in [0.2, 0.25) is 5.91 Å². The Hall–Kier alpha value is -1.04. The second kappa shape index (κ2) is 6.93. The normalized spacial score (nSPS) is 10.6. The Morgan fingerprint density at radius 3 is 2.68 bits per heavy atom. The van der Waals surface area contributed by atoms with Crippen molar-refractivity contribution in [1.82, 2.24) is 0 Å². The summed E-state index contributed by atoms with van der Waals surface area (Å²) in [7, 11) is 0. The van der Waals surface area contributed by atoms with Gasteiger partial charge in [0.1, 0.15) is 0 Å². The molecule has 19 heavy (non-hydrogen) atoms. The summed E-state index contributed by atoms with van der Waals surface area (Å²) >= 11 is 4.92. The minimum atomic E-state index is -0.0501. The van der Waals surface area contributed by atoms with E-state index in [0.29, 0.717) is 11.5 Å². The molecule has 0 atom stereocenters. The number of thioether (sulfide) groups is 1. The monoisotopic (exact) mass is 339 g/mol. The maximum atomic E-state index is 11.8. The van der Waals surface area contributed by atoms with E-state index in [1.165, 1.54) is 11.8 Å². The molecule has 0 saturated heterocycles. The van der Waals surface area contributed by atoms with Gasteiger partial charge >= 0.3 is 0 Å². The zero-order valence-corrected chi connectivity index (χ0v) is 12.6. The number of fused-ring (bicyclic) bond motifs is 1. The van der Waals surface area contributed by atoms with Crippen molar-refractivity contribution in [1.29, 1.82) is 0 Å². The van der Waals surface area contributed by atoms with E-state index >= 15 is 0 Å². The Labute approximate surface area is 124 Å². The number of hydrogen-bond donors (Lipinski definition) is 2. The van der Waals surface area contributed by atoms with Crippen molar-refractivity contribution in [3.8, 4) is 0 Å². The van der Waals surface area contributed by atoms with Gasteiger partial charge in [-0.2, -0.15) is 0 Å². The molecule has 0 heterocycles. The highest BCUT2D eigenvalue weighted by molar-refractivity contribution is 9.10. The Morgan fingerprint density at radius 2 is 1.95 bits per heavy atom. The fourth-order valence-electron chi connectivity index (χ4n) is 1.79. The molecule has 0 radical (unpaired) electrons. The van der Waals surface area contributed by atoms with Crippen LogP contribution in [0, 0.1) is 0 Å². The topological polar surface area (TPSA) is 49.3 Å². The van der Waals surface area contributed by atoms with Gasteiger partial charge in [0.15, 0.2) is 0 Å². The first-order valence-electron chi connectivity index (χ1n) is 5.88. The highest BCUT2D eigenvalue weighted by Gasteiger charge is 2.07. The number of rotatable bonds is 5. The molecule has 1 amide bonds. The quantitative estimate of drug-likeness (QED) is 0.822. The van der Waals surface area contributed by atoms with Gasteiger partial charge in [-0.05, 0) is 17.5 Å². The molecular weight excluding hydrogens is 326 g/mol. The van der Waals surface area contributed by atoms with Crippen LogP contribution in [0.25, 0.3) is 10.8 Å². The van der Waals surface area contributed by atoms with Crippen molar-refractivity contribution in [3.05, 3.63) is 40.9 Å². The molecule has 2 aromatic carbocycles. The average Bonchev–Trinajstić information content (AvgIpc) is 2.43. The SMILES string of the molecule is O=C(CSCCO)Nc1ccc(Br)c2ccccc12. The smallest absolute Gasteiger partial charge is 0.234 e. The zero-order chi connectivity index (χ0) is 13.7. The first kappa shape index (κ1) is 14.4. The number of nitrogens with one attached hydrogen (secondary N) is 1. The molecule has 5 heteroatoms. The standard InChI is InChI=1S/C14H14BrNO2S/c15-12-5-6-13(11-4-2-1-3-10(11)12)16-14(18)9-19-8-7-17/h1-6,17H,7-9H2,(H,16,18). The Bertz CT molecular complexity index is 589. The third-order valence-corrected chi connectivity index (χ3v) is 4.24. The van der Waals surface area contributed by atoms with E-state index in [4.69, 9.17) is 5.11 Å². The molecule has 2 rings (SSSR count). The maximum Gasteiger partial charge on any atom is 0.234 e. The lowest BCUT2D eigenvalue weighted by atomic mass is 10.1. The molecule has 0 spiro atoms. The van der Waals surface area contributed by atoms with E-state index in [9.17, 15) is 4.79 Å². The molecule has 100 valence electrons. The van der Waals surface area contributed by atoms with Gasteiger partial charge in [-0.3, -0.25) is 4.79 Å². The van der Waals surface area contributed by atoms with Crippen LogP contribution in [0.15, 0.2) is 40.9 Å². The molecule has 0 saturated carbocycles. The van der Waals surface area contributed by atoms with Crippen molar-refractivity contribution in [2.45, 2.75) is 0 Å². The second-order valence-electron chi connectivity index (χ2n) is 3.96. The zero-order valence-electron chi connectivity index (χ0n) is 10.2. The van der Waals surface area contributed by atoms with Crippen molar-refractivity contribution < 1.29 is 9.90 Å². The van der Waals surface area contributed by atoms with E-state index in [1.807, 2.05) is 36.4 Å². The van der Waals surface area contributed by atoms with Crippen molar-refractivity contribution >= 4 is 50.1 Å². The lowest BCUT2D eigenvalue weighted by Crippen LogP contribution is -2.14. The minimum Gasteiger partial charge on any atom is -0.396 e. The van der Waals surface area contributed by atoms with Crippen LogP contribution in [-0.2, 0) is 4.79 Å². The fourth-order valence-corrected chi connectivity index (χ4v) is 2.80. The minimum absolute atomic E-state index is 0.0501. The predicted molar refractivity (Wildman–Crippen MR) is 84.7 cm³/mol. The van der Waals surface area contributed by atoms with Gasteiger partial charge in [-0.25, -0.2) is 0 Å². The second-order valence-corrected chi connectivity index (χ2v) is 5.92. The average molecular weight is 340 g/mol. The molecule has 0 bridgehead atoms. The summed E-state index contributed by atoms with van der Waals surface area (Å²) in [5.41, 5.74) is 0.813. The van der Waals surface area contributed by atoms with E-state index in [1.54, 1.807) is 0 Å². The Balaban J connectivity index is 2.17. The maximum absolute atomic E-state index is 11.8. The van der Waals surface area contributed by atoms with Crippen LogP contribution in [0.1, 0.15) is 0 Å². The van der Waals surface area contributed by atoms with Crippen LogP contribution in [-0.4, -0.2) is 29.1 Å². The molecule has 3 nitrogen and oxygen atoms in total. The highest BCUT2D eigenvalue weighted by Crippen LogP contribution is 2.29. The summed E-state index contributed by atoms with van der Waals surface area (Å²) in [6.45, 7) is 0.0964. The van der Waals surface area contributed by atoms with Gasteiger partial charge in [-0.1, -0.05) is 40.2 Å².